The number of pyridine rings is 1. The van der Waals surface area contributed by atoms with Gasteiger partial charge in [-0.2, -0.15) is 0 Å². The number of carbonyl (C=O) groups is 1. The first-order chi connectivity index (χ1) is 14.4. The second kappa shape index (κ2) is 9.54. The van der Waals surface area contributed by atoms with Crippen molar-refractivity contribution < 1.29 is 9.53 Å². The number of nitrogens with one attached hydrogen (secondary N) is 3. The number of thiocarbonyl (C=S) groups is 1. The Bertz CT molecular complexity index is 1140. The molecule has 3 N–H and O–H groups in total. The average Bonchev–Trinajstić information content (AvgIpc) is 2.72. The van der Waals surface area contributed by atoms with E-state index in [0.717, 1.165) is 27.7 Å². The second-order valence-corrected chi connectivity index (χ2v) is 7.43. The molecule has 0 radical (unpaired) electrons. The fraction of sp³-hybridized carbons (Fsp3) is 0.261. The molecule has 156 valence electrons. The molecule has 7 heteroatoms. The summed E-state index contributed by atoms with van der Waals surface area (Å²) in [7, 11) is 0. The summed E-state index contributed by atoms with van der Waals surface area (Å²) in [6.45, 7) is 6.67. The molecule has 2 aromatic carbocycles. The van der Waals surface area contributed by atoms with E-state index < -0.39 is 0 Å². The fourth-order valence-electron chi connectivity index (χ4n) is 3.15. The van der Waals surface area contributed by atoms with Crippen molar-refractivity contribution in [3.8, 4) is 0 Å². The van der Waals surface area contributed by atoms with Gasteiger partial charge in [-0.15, -0.1) is 0 Å². The van der Waals surface area contributed by atoms with Crippen molar-refractivity contribution in [2.24, 2.45) is 0 Å². The van der Waals surface area contributed by atoms with Crippen molar-refractivity contribution in [3.63, 3.8) is 0 Å². The summed E-state index contributed by atoms with van der Waals surface area (Å²) < 4.78 is 4.97. The lowest BCUT2D eigenvalue weighted by atomic mass is 10.0. The van der Waals surface area contributed by atoms with E-state index >= 15 is 0 Å². The number of aryl methyl sites for hydroxylation is 2. The minimum absolute atomic E-state index is 0.0774. The van der Waals surface area contributed by atoms with Crippen molar-refractivity contribution in [2.45, 2.75) is 27.2 Å². The van der Waals surface area contributed by atoms with E-state index in [1.807, 2.05) is 26.0 Å². The number of rotatable bonds is 6. The largest absolute Gasteiger partial charge is 0.462 e. The lowest BCUT2D eigenvalue weighted by Crippen LogP contribution is -2.31. The Morgan fingerprint density at radius 3 is 2.57 bits per heavy atom. The summed E-state index contributed by atoms with van der Waals surface area (Å²) in [5.41, 5.74) is 5.01. The van der Waals surface area contributed by atoms with Crippen LogP contribution in [0.25, 0.3) is 10.9 Å². The Labute approximate surface area is 180 Å². The van der Waals surface area contributed by atoms with E-state index in [4.69, 9.17) is 17.0 Å². The van der Waals surface area contributed by atoms with Crippen LogP contribution in [0.4, 0.5) is 5.69 Å². The highest BCUT2D eigenvalue weighted by Gasteiger charge is 2.08. The van der Waals surface area contributed by atoms with Crippen molar-refractivity contribution in [3.05, 3.63) is 75.1 Å². The molecular weight excluding hydrogens is 398 g/mol. The number of benzene rings is 2. The molecule has 0 saturated carbocycles. The number of anilines is 1. The summed E-state index contributed by atoms with van der Waals surface area (Å²) in [6.07, 6.45) is 0.543. The Kier molecular flexibility index (Phi) is 6.84. The van der Waals surface area contributed by atoms with Gasteiger partial charge in [0.05, 0.1) is 17.7 Å². The normalized spacial score (nSPS) is 10.6. The Morgan fingerprint density at radius 1 is 1.13 bits per heavy atom. The smallest absolute Gasteiger partial charge is 0.338 e. The summed E-state index contributed by atoms with van der Waals surface area (Å²) in [6, 6.07) is 12.9. The number of hydrogen-bond donors (Lipinski definition) is 3. The third-order valence-corrected chi connectivity index (χ3v) is 5.21. The number of carbonyl (C=O) groups excluding carboxylic acids is 1. The molecule has 0 unspecified atom stereocenters. The van der Waals surface area contributed by atoms with Gasteiger partial charge in [0.1, 0.15) is 0 Å². The number of H-pyrrole nitrogens is 1. The third kappa shape index (κ3) is 5.04. The zero-order valence-corrected chi connectivity index (χ0v) is 18.1. The van der Waals surface area contributed by atoms with Gasteiger partial charge in [-0.05, 0) is 86.3 Å². The molecule has 0 spiro atoms. The van der Waals surface area contributed by atoms with E-state index in [2.05, 4.69) is 21.7 Å². The van der Waals surface area contributed by atoms with E-state index in [-0.39, 0.29) is 11.5 Å². The third-order valence-electron chi connectivity index (χ3n) is 4.96. The predicted octanol–water partition coefficient (Wildman–Crippen LogP) is 3.85. The lowest BCUT2D eigenvalue weighted by Gasteiger charge is -2.11. The fourth-order valence-corrected chi connectivity index (χ4v) is 3.37. The molecular formula is C23H25N3O3S. The van der Waals surface area contributed by atoms with Crippen LogP contribution in [0, 0.1) is 13.8 Å². The number of aromatic amines is 1. The van der Waals surface area contributed by atoms with E-state index in [1.54, 1.807) is 31.2 Å². The van der Waals surface area contributed by atoms with Gasteiger partial charge in [0.2, 0.25) is 0 Å². The number of aromatic nitrogens is 1. The maximum Gasteiger partial charge on any atom is 0.338 e. The van der Waals surface area contributed by atoms with Gasteiger partial charge in [0.25, 0.3) is 5.56 Å². The molecule has 1 heterocycles. The number of hydrogen-bond acceptors (Lipinski definition) is 4. The predicted molar refractivity (Wildman–Crippen MR) is 124 cm³/mol. The molecule has 0 saturated heterocycles. The lowest BCUT2D eigenvalue weighted by molar-refractivity contribution is 0.0526. The van der Waals surface area contributed by atoms with Crippen molar-refractivity contribution in [1.29, 1.82) is 0 Å². The van der Waals surface area contributed by atoms with Crippen LogP contribution in [-0.2, 0) is 11.2 Å². The summed E-state index contributed by atoms with van der Waals surface area (Å²) in [4.78, 5) is 27.1. The van der Waals surface area contributed by atoms with Gasteiger partial charge in [0.15, 0.2) is 5.11 Å². The molecule has 0 fully saturated rings. The highest BCUT2D eigenvalue weighted by molar-refractivity contribution is 7.80. The quantitative estimate of drug-likeness (QED) is 0.413. The van der Waals surface area contributed by atoms with Gasteiger partial charge in [-0.1, -0.05) is 12.1 Å². The molecule has 0 amide bonds. The summed E-state index contributed by atoms with van der Waals surface area (Å²) in [5, 5.41) is 7.65. The first-order valence-electron chi connectivity index (χ1n) is 9.83. The van der Waals surface area contributed by atoms with Crippen molar-refractivity contribution in [1.82, 2.24) is 10.3 Å². The molecule has 0 bridgehead atoms. The molecule has 3 aromatic rings. The van der Waals surface area contributed by atoms with Crippen LogP contribution in [-0.4, -0.2) is 29.2 Å². The highest BCUT2D eigenvalue weighted by atomic mass is 32.1. The van der Waals surface area contributed by atoms with Gasteiger partial charge < -0.3 is 20.4 Å². The maximum absolute atomic E-state index is 12.4. The Balaban J connectivity index is 1.57. The molecule has 0 aliphatic carbocycles. The van der Waals surface area contributed by atoms with Crippen LogP contribution in [0.15, 0.2) is 47.3 Å². The van der Waals surface area contributed by atoms with Crippen LogP contribution in [0.3, 0.4) is 0 Å². The maximum atomic E-state index is 12.4. The van der Waals surface area contributed by atoms with Gasteiger partial charge in [-0.25, -0.2) is 4.79 Å². The highest BCUT2D eigenvalue weighted by Crippen LogP contribution is 2.19. The molecule has 30 heavy (non-hydrogen) atoms. The van der Waals surface area contributed by atoms with E-state index in [9.17, 15) is 9.59 Å². The molecule has 1 aromatic heterocycles. The van der Waals surface area contributed by atoms with Crippen LogP contribution < -0.4 is 16.2 Å². The van der Waals surface area contributed by atoms with Crippen LogP contribution in [0.2, 0.25) is 0 Å². The van der Waals surface area contributed by atoms with Crippen LogP contribution in [0.1, 0.15) is 34.0 Å². The number of ether oxygens (including phenoxy) is 1. The summed E-state index contributed by atoms with van der Waals surface area (Å²) >= 11 is 5.32. The molecule has 6 nitrogen and oxygen atoms in total. The zero-order chi connectivity index (χ0) is 21.7. The number of esters is 1. The molecule has 0 aliphatic rings. The average molecular weight is 424 g/mol. The standard InChI is InChI=1S/C23H25N3O3S/c1-4-29-22(28)16-7-9-19(10-8-16)25-23(30)24-12-11-18-13-17-6-5-14(2)15(3)20(17)26-21(18)27/h5-10,13H,4,11-12H2,1-3H3,(H,26,27)(H2,24,25,30). The molecule has 3 rings (SSSR count). The minimum atomic E-state index is -0.351. The van der Waals surface area contributed by atoms with Crippen molar-refractivity contribution in [2.75, 3.05) is 18.5 Å². The number of fused-ring (bicyclic) bond motifs is 1. The monoisotopic (exact) mass is 423 g/mol. The van der Waals surface area contributed by atoms with Gasteiger partial charge >= 0.3 is 5.97 Å². The first-order valence-corrected chi connectivity index (χ1v) is 10.2. The van der Waals surface area contributed by atoms with Gasteiger partial charge in [-0.3, -0.25) is 4.79 Å². The Morgan fingerprint density at radius 2 is 1.87 bits per heavy atom. The van der Waals surface area contributed by atoms with Crippen LogP contribution in [0.5, 0.6) is 0 Å². The topological polar surface area (TPSA) is 83.2 Å². The molecule has 0 atom stereocenters. The van der Waals surface area contributed by atoms with Gasteiger partial charge in [0, 0.05) is 17.8 Å². The second-order valence-electron chi connectivity index (χ2n) is 7.02. The Hall–Kier alpha value is -3.19. The SMILES string of the molecule is CCOC(=O)c1ccc(NC(=S)NCCc2cc3ccc(C)c(C)c3[nH]c2=O)cc1. The van der Waals surface area contributed by atoms with Crippen molar-refractivity contribution >= 4 is 39.9 Å². The van der Waals surface area contributed by atoms with Crippen LogP contribution >= 0.6 is 12.2 Å². The first kappa shape index (κ1) is 21.5. The minimum Gasteiger partial charge on any atom is -0.462 e. The summed E-state index contributed by atoms with van der Waals surface area (Å²) in [5.74, 6) is -0.351. The van der Waals surface area contributed by atoms with E-state index in [0.29, 0.717) is 35.8 Å². The zero-order valence-electron chi connectivity index (χ0n) is 17.3. The van der Waals surface area contributed by atoms with E-state index in [1.165, 1.54) is 0 Å². The molecule has 0 aliphatic heterocycles.